The number of allylic oxidation sites excluding steroid dienone is 4. The van der Waals surface area contributed by atoms with Crippen molar-refractivity contribution < 1.29 is 35.1 Å². The molecular weight excluding hydrogens is 402 g/mol. The number of halogens is 9. The summed E-state index contributed by atoms with van der Waals surface area (Å²) in [4.78, 5) is 0. The molecule has 1 aliphatic rings. The van der Waals surface area contributed by atoms with Crippen LogP contribution in [0.15, 0.2) is 21.7 Å². The van der Waals surface area contributed by atoms with Gasteiger partial charge in [0.05, 0.1) is 10.0 Å². The third kappa shape index (κ3) is 2.43. The normalized spacial score (nSPS) is 21.7. The summed E-state index contributed by atoms with van der Waals surface area (Å²) in [6.45, 7) is 0. The predicted octanol–water partition coefficient (Wildman–Crippen LogP) is 5.12. The molecule has 10 heteroatoms. The van der Waals surface area contributed by atoms with Gasteiger partial charge in [-0.1, -0.05) is 0 Å². The lowest BCUT2D eigenvalue weighted by molar-refractivity contribution is 0.235. The molecule has 122 valence electrons. The molecule has 0 saturated heterocycles. The van der Waals surface area contributed by atoms with E-state index in [0.29, 0.717) is 0 Å². The van der Waals surface area contributed by atoms with Crippen LogP contribution < -0.4 is 0 Å². The van der Waals surface area contributed by atoms with Gasteiger partial charge in [0.25, 0.3) is 0 Å². The minimum absolute atomic E-state index is 0.870. The molecule has 1 aromatic carbocycles. The van der Waals surface area contributed by atoms with E-state index in [1.165, 1.54) is 0 Å². The highest BCUT2D eigenvalue weighted by Gasteiger charge is 2.43. The molecule has 0 aromatic heterocycles. The van der Waals surface area contributed by atoms with Crippen molar-refractivity contribution in [2.45, 2.75) is 12.3 Å². The van der Waals surface area contributed by atoms with E-state index in [2.05, 4.69) is 15.9 Å². The van der Waals surface area contributed by atoms with Crippen molar-refractivity contribution in [3.8, 4) is 6.07 Å². The van der Waals surface area contributed by atoms with Gasteiger partial charge in [0, 0.05) is 5.57 Å². The molecular formula is C13H2BrF8N. The largest absolute Gasteiger partial charge is 0.238 e. The summed E-state index contributed by atoms with van der Waals surface area (Å²) in [5.41, 5.74) is -5.39. The highest BCUT2D eigenvalue weighted by atomic mass is 79.9. The van der Waals surface area contributed by atoms with Crippen molar-refractivity contribution >= 4 is 21.5 Å². The molecule has 1 nitrogen and oxygen atoms in total. The van der Waals surface area contributed by atoms with E-state index in [-0.39, 0.29) is 0 Å². The fraction of sp³-hybridized carbons (Fsp3) is 0.154. The summed E-state index contributed by atoms with van der Waals surface area (Å²) in [6.07, 6.45) is -6.34. The van der Waals surface area contributed by atoms with E-state index in [4.69, 9.17) is 5.26 Å². The van der Waals surface area contributed by atoms with E-state index in [0.717, 1.165) is 6.07 Å². The first-order valence-corrected chi connectivity index (χ1v) is 6.44. The van der Waals surface area contributed by atoms with Crippen LogP contribution in [0.4, 0.5) is 35.1 Å². The van der Waals surface area contributed by atoms with Crippen LogP contribution in [0.5, 0.6) is 0 Å². The number of nitrogens with zero attached hydrogens (tertiary/aromatic N) is 1. The Labute approximate surface area is 131 Å². The number of hydrogen-bond acceptors (Lipinski definition) is 1. The van der Waals surface area contributed by atoms with Gasteiger partial charge in [0.15, 0.2) is 47.3 Å². The molecule has 0 amide bonds. The molecule has 0 aliphatic heterocycles. The molecule has 23 heavy (non-hydrogen) atoms. The Kier molecular flexibility index (Phi) is 4.52. The molecule has 1 aliphatic carbocycles. The van der Waals surface area contributed by atoms with Gasteiger partial charge in [0.2, 0.25) is 0 Å². The monoisotopic (exact) mass is 403 g/mol. The average molecular weight is 404 g/mol. The number of rotatable bonds is 1. The zero-order valence-corrected chi connectivity index (χ0v) is 12.1. The van der Waals surface area contributed by atoms with Crippen LogP contribution in [-0.4, -0.2) is 12.3 Å². The first kappa shape index (κ1) is 17.5. The van der Waals surface area contributed by atoms with E-state index in [1.807, 2.05) is 0 Å². The van der Waals surface area contributed by atoms with Gasteiger partial charge in [-0.05, 0) is 15.9 Å². The predicted molar refractivity (Wildman–Crippen MR) is 65.5 cm³/mol. The Morgan fingerprint density at radius 3 is 1.70 bits per heavy atom. The third-order valence-electron chi connectivity index (χ3n) is 3.07. The van der Waals surface area contributed by atoms with Crippen molar-refractivity contribution in [1.82, 2.24) is 0 Å². The van der Waals surface area contributed by atoms with Crippen LogP contribution >= 0.6 is 15.9 Å². The zero-order chi connectivity index (χ0) is 17.6. The molecule has 1 aromatic rings. The van der Waals surface area contributed by atoms with Gasteiger partial charge in [-0.2, -0.15) is 5.26 Å². The molecule has 2 atom stereocenters. The standard InChI is InChI=1S/C13H2BrF8N/c14-5-12(21)10(19)4(11(20)13(5)22)3-8(17)6(15)2(1-23)7(16)9(3)18/h6,8H. The fourth-order valence-corrected chi connectivity index (χ4v) is 2.32. The average Bonchev–Trinajstić information content (AvgIpc) is 2.53. The highest BCUT2D eigenvalue weighted by Crippen LogP contribution is 2.43. The molecule has 0 heterocycles. The molecule has 2 unspecified atom stereocenters. The fourth-order valence-electron chi connectivity index (χ4n) is 1.97. The molecule has 0 radical (unpaired) electrons. The van der Waals surface area contributed by atoms with Gasteiger partial charge < -0.3 is 0 Å². The van der Waals surface area contributed by atoms with E-state index >= 15 is 0 Å². The summed E-state index contributed by atoms with van der Waals surface area (Å²) in [6, 6.07) is 0.870. The molecule has 0 saturated carbocycles. The lowest BCUT2D eigenvalue weighted by Crippen LogP contribution is -2.27. The van der Waals surface area contributed by atoms with Gasteiger partial charge in [0.1, 0.15) is 11.6 Å². The highest BCUT2D eigenvalue weighted by molar-refractivity contribution is 9.10. The lowest BCUT2D eigenvalue weighted by atomic mass is 9.88. The van der Waals surface area contributed by atoms with Crippen LogP contribution in [0.1, 0.15) is 5.56 Å². The first-order valence-electron chi connectivity index (χ1n) is 5.64. The second kappa shape index (κ2) is 5.96. The van der Waals surface area contributed by atoms with Crippen LogP contribution in [0, 0.1) is 34.6 Å². The van der Waals surface area contributed by atoms with E-state index < -0.39 is 68.4 Å². The van der Waals surface area contributed by atoms with Gasteiger partial charge in [-0.15, -0.1) is 0 Å². The third-order valence-corrected chi connectivity index (χ3v) is 3.77. The number of benzene rings is 1. The van der Waals surface area contributed by atoms with E-state index in [1.54, 1.807) is 0 Å². The van der Waals surface area contributed by atoms with Gasteiger partial charge in [-0.25, -0.2) is 35.1 Å². The Morgan fingerprint density at radius 2 is 1.26 bits per heavy atom. The number of nitriles is 1. The summed E-state index contributed by atoms with van der Waals surface area (Å²) in [5.74, 6) is -13.1. The lowest BCUT2D eigenvalue weighted by Gasteiger charge is -2.23. The Hall–Kier alpha value is -1.89. The summed E-state index contributed by atoms with van der Waals surface area (Å²) >= 11 is 2.18. The maximum Gasteiger partial charge on any atom is 0.176 e. The van der Waals surface area contributed by atoms with Crippen LogP contribution in [0.3, 0.4) is 0 Å². The van der Waals surface area contributed by atoms with Crippen molar-refractivity contribution in [2.75, 3.05) is 0 Å². The molecule has 2 rings (SSSR count). The molecule has 0 bridgehead atoms. The molecule has 0 N–H and O–H groups in total. The topological polar surface area (TPSA) is 23.8 Å². The minimum atomic E-state index is -3.24. The van der Waals surface area contributed by atoms with Gasteiger partial charge >= 0.3 is 0 Å². The smallest absolute Gasteiger partial charge is 0.176 e. The van der Waals surface area contributed by atoms with Crippen molar-refractivity contribution in [3.05, 3.63) is 50.5 Å². The first-order chi connectivity index (χ1) is 10.6. The summed E-state index contributed by atoms with van der Waals surface area (Å²) in [5, 5.41) is 8.44. The second-order valence-electron chi connectivity index (χ2n) is 4.32. The number of hydrogen-bond donors (Lipinski definition) is 0. The zero-order valence-electron chi connectivity index (χ0n) is 10.5. The maximum absolute atomic E-state index is 13.9. The van der Waals surface area contributed by atoms with Crippen LogP contribution in [0.2, 0.25) is 0 Å². The molecule has 0 spiro atoms. The summed E-state index contributed by atoms with van der Waals surface area (Å²) < 4.78 is 108. The van der Waals surface area contributed by atoms with Crippen LogP contribution in [-0.2, 0) is 0 Å². The van der Waals surface area contributed by atoms with Gasteiger partial charge in [-0.3, -0.25) is 0 Å². The maximum atomic E-state index is 13.9. The Morgan fingerprint density at radius 1 is 0.783 bits per heavy atom. The minimum Gasteiger partial charge on any atom is -0.238 e. The second-order valence-corrected chi connectivity index (χ2v) is 5.11. The Bertz CT molecular complexity index is 778. The van der Waals surface area contributed by atoms with Crippen molar-refractivity contribution in [1.29, 1.82) is 5.26 Å². The number of alkyl halides is 2. The van der Waals surface area contributed by atoms with E-state index in [9.17, 15) is 35.1 Å². The van der Waals surface area contributed by atoms with Crippen molar-refractivity contribution in [2.24, 2.45) is 0 Å². The Balaban J connectivity index is 2.90. The molecule has 0 fully saturated rings. The summed E-state index contributed by atoms with van der Waals surface area (Å²) in [7, 11) is 0. The SMILES string of the molecule is N#CC1=C(F)C(F)=C(c2c(F)c(F)c(Br)c(F)c2F)C(F)C1F. The van der Waals surface area contributed by atoms with Crippen LogP contribution in [0.25, 0.3) is 5.57 Å². The van der Waals surface area contributed by atoms with Crippen molar-refractivity contribution in [3.63, 3.8) is 0 Å². The quantitative estimate of drug-likeness (QED) is 0.362.